The number of phenolic OH excluding ortho intramolecular Hbond substituents is 2. The third-order valence-corrected chi connectivity index (χ3v) is 7.21. The average molecular weight is 611 g/mol. The predicted molar refractivity (Wildman–Crippen MR) is 140 cm³/mol. The molecule has 1 aromatic heterocycles. The Morgan fingerprint density at radius 1 is 0.674 bits per heavy atom. The highest BCUT2D eigenvalue weighted by atomic mass is 16.7. The molecule has 2 fully saturated rings. The molecule has 2 saturated heterocycles. The zero-order chi connectivity index (χ0) is 31.2. The summed E-state index contributed by atoms with van der Waals surface area (Å²) in [5.41, 5.74) is -1.12. The summed E-state index contributed by atoms with van der Waals surface area (Å²) in [6, 6.07) is 7.26. The molecule has 16 heteroatoms. The van der Waals surface area contributed by atoms with Crippen LogP contribution in [0.2, 0.25) is 0 Å². The lowest BCUT2D eigenvalue weighted by atomic mass is 9.99. The van der Waals surface area contributed by atoms with Gasteiger partial charge in [0.1, 0.15) is 77.0 Å². The van der Waals surface area contributed by atoms with Gasteiger partial charge in [-0.3, -0.25) is 4.79 Å². The Bertz CT molecular complexity index is 1490. The van der Waals surface area contributed by atoms with Crippen LogP contribution in [0.4, 0.5) is 0 Å². The number of benzene rings is 2. The minimum Gasteiger partial charge on any atom is -0.508 e. The summed E-state index contributed by atoms with van der Waals surface area (Å²) in [4.78, 5) is 14.0. The molecular formula is C27H30O16. The molecule has 234 valence electrons. The van der Waals surface area contributed by atoms with Crippen LogP contribution in [-0.4, -0.2) is 126 Å². The molecule has 3 aromatic rings. The van der Waals surface area contributed by atoms with Crippen LogP contribution in [0.1, 0.15) is 0 Å². The summed E-state index contributed by atoms with van der Waals surface area (Å²) in [5, 5.41) is 100. The fraction of sp³-hybridized carbons (Fsp3) is 0.444. The van der Waals surface area contributed by atoms with Gasteiger partial charge in [0.2, 0.25) is 23.8 Å². The van der Waals surface area contributed by atoms with Crippen LogP contribution in [-0.2, 0) is 9.47 Å². The van der Waals surface area contributed by atoms with Gasteiger partial charge in [-0.05, 0) is 24.3 Å². The number of hydrogen-bond acceptors (Lipinski definition) is 16. The van der Waals surface area contributed by atoms with Gasteiger partial charge in [-0.15, -0.1) is 0 Å². The van der Waals surface area contributed by atoms with Crippen molar-refractivity contribution in [1.29, 1.82) is 0 Å². The molecule has 0 bridgehead atoms. The van der Waals surface area contributed by atoms with E-state index in [2.05, 4.69) is 0 Å². The molecule has 0 aliphatic carbocycles. The molecule has 0 spiro atoms. The Balaban J connectivity index is 1.64. The molecule has 43 heavy (non-hydrogen) atoms. The van der Waals surface area contributed by atoms with Crippen molar-refractivity contribution in [3.8, 4) is 34.3 Å². The Morgan fingerprint density at radius 2 is 1.21 bits per heavy atom. The normalized spacial score (nSPS) is 32.9. The van der Waals surface area contributed by atoms with Gasteiger partial charge in [0.15, 0.2) is 5.76 Å². The highest BCUT2D eigenvalue weighted by Gasteiger charge is 2.46. The maximum Gasteiger partial charge on any atom is 0.239 e. The Morgan fingerprint density at radius 3 is 1.74 bits per heavy atom. The largest absolute Gasteiger partial charge is 0.508 e. The van der Waals surface area contributed by atoms with Gasteiger partial charge < -0.3 is 74.4 Å². The van der Waals surface area contributed by atoms with Gasteiger partial charge in [-0.25, -0.2) is 0 Å². The van der Waals surface area contributed by atoms with E-state index in [1.807, 2.05) is 0 Å². The number of hydrogen-bond donors (Lipinski definition) is 10. The monoisotopic (exact) mass is 610 g/mol. The second kappa shape index (κ2) is 12.2. The molecule has 3 heterocycles. The first-order chi connectivity index (χ1) is 20.4. The molecule has 0 unspecified atom stereocenters. The highest BCUT2D eigenvalue weighted by molar-refractivity contribution is 5.88. The second-order valence-corrected chi connectivity index (χ2v) is 10.1. The molecule has 2 aliphatic rings. The van der Waals surface area contributed by atoms with Crippen LogP contribution in [0, 0.1) is 0 Å². The lowest BCUT2D eigenvalue weighted by Gasteiger charge is -2.39. The number of aliphatic hydroxyl groups is 8. The van der Waals surface area contributed by atoms with Crippen LogP contribution >= 0.6 is 0 Å². The minimum atomic E-state index is -1.91. The minimum absolute atomic E-state index is 0.129. The SMILES string of the molecule is O=c1c(O[C@@H]2O[C@H](CO)[C@H](O)[C@H](O)[C@H]2O)c(-c2ccc(O)cc2)oc2cc(O)cc(O[C@@H]3O[C@H](CO)[C@H](O)[C@H](O)[C@H]3O)c12. The highest BCUT2D eigenvalue weighted by Crippen LogP contribution is 2.39. The molecule has 10 N–H and O–H groups in total. The molecule has 10 atom stereocenters. The van der Waals surface area contributed by atoms with E-state index < -0.39 is 103 Å². The summed E-state index contributed by atoms with van der Waals surface area (Å²) in [6.07, 6.45) is -17.2. The Hall–Kier alpha value is -3.55. The zero-order valence-electron chi connectivity index (χ0n) is 22.1. The standard InChI is InChI=1S/C27H30O16/c28-7-14-17(32)20(35)22(37)26(41-14)40-13-6-11(31)5-12-16(13)19(34)25(24(39-12)9-1-3-10(30)4-2-9)43-27-23(38)21(36)18(33)15(8-29)42-27/h1-6,14-15,17-18,20-23,26-33,35-38H,7-8H2/t14-,15-,17+,18+,20+,21+,22-,23-,26-,27+/m1/s1. The Labute approximate surface area is 241 Å². The molecule has 2 aliphatic heterocycles. The fourth-order valence-corrected chi connectivity index (χ4v) is 4.83. The van der Waals surface area contributed by atoms with Crippen molar-refractivity contribution >= 4 is 11.0 Å². The van der Waals surface area contributed by atoms with Gasteiger partial charge in [0, 0.05) is 17.7 Å². The first-order valence-corrected chi connectivity index (χ1v) is 13.0. The van der Waals surface area contributed by atoms with Crippen LogP contribution in [0.5, 0.6) is 23.0 Å². The van der Waals surface area contributed by atoms with Crippen LogP contribution < -0.4 is 14.9 Å². The smallest absolute Gasteiger partial charge is 0.239 e. The van der Waals surface area contributed by atoms with Gasteiger partial charge in [0.25, 0.3) is 0 Å². The summed E-state index contributed by atoms with van der Waals surface area (Å²) >= 11 is 0. The summed E-state index contributed by atoms with van der Waals surface area (Å²) in [6.45, 7) is -1.54. The topological polar surface area (TPSA) is 269 Å². The van der Waals surface area contributed by atoms with Crippen molar-refractivity contribution in [2.75, 3.05) is 13.2 Å². The van der Waals surface area contributed by atoms with Crippen molar-refractivity contribution < 1.29 is 74.4 Å². The molecule has 5 rings (SSSR count). The molecule has 0 radical (unpaired) electrons. The van der Waals surface area contributed by atoms with Crippen molar-refractivity contribution in [2.45, 2.75) is 61.4 Å². The predicted octanol–water partition coefficient (Wildman–Crippen LogP) is -2.77. The average Bonchev–Trinajstić information content (AvgIpc) is 2.98. The van der Waals surface area contributed by atoms with Crippen molar-refractivity contribution in [3.63, 3.8) is 0 Å². The first-order valence-electron chi connectivity index (χ1n) is 13.0. The molecular weight excluding hydrogens is 580 g/mol. The van der Waals surface area contributed by atoms with E-state index in [4.69, 9.17) is 23.4 Å². The zero-order valence-corrected chi connectivity index (χ0v) is 22.1. The number of rotatable bonds is 7. The van der Waals surface area contributed by atoms with E-state index in [0.29, 0.717) is 0 Å². The Kier molecular flexibility index (Phi) is 8.77. The van der Waals surface area contributed by atoms with Crippen molar-refractivity contribution in [2.24, 2.45) is 0 Å². The third kappa shape index (κ3) is 5.73. The van der Waals surface area contributed by atoms with E-state index in [-0.39, 0.29) is 22.7 Å². The van der Waals surface area contributed by atoms with Crippen LogP contribution in [0.15, 0.2) is 45.6 Å². The molecule has 0 saturated carbocycles. The van der Waals surface area contributed by atoms with E-state index in [1.165, 1.54) is 24.3 Å². The molecule has 2 aromatic carbocycles. The van der Waals surface area contributed by atoms with E-state index in [9.17, 15) is 55.9 Å². The first kappa shape index (κ1) is 30.9. The summed E-state index contributed by atoms with van der Waals surface area (Å²) in [5.74, 6) is -1.99. The van der Waals surface area contributed by atoms with Crippen molar-refractivity contribution in [1.82, 2.24) is 0 Å². The molecule has 16 nitrogen and oxygen atoms in total. The van der Waals surface area contributed by atoms with Gasteiger partial charge in [-0.1, -0.05) is 0 Å². The number of aromatic hydroxyl groups is 2. The summed E-state index contributed by atoms with van der Waals surface area (Å²) in [7, 11) is 0. The number of aliphatic hydroxyl groups excluding tert-OH is 8. The van der Waals surface area contributed by atoms with E-state index >= 15 is 0 Å². The third-order valence-electron chi connectivity index (χ3n) is 7.21. The fourth-order valence-electron chi connectivity index (χ4n) is 4.83. The number of ether oxygens (including phenoxy) is 4. The maximum atomic E-state index is 14.0. The number of phenols is 2. The lowest BCUT2D eigenvalue weighted by Crippen LogP contribution is -2.60. The maximum absolute atomic E-state index is 14.0. The van der Waals surface area contributed by atoms with E-state index in [0.717, 1.165) is 12.1 Å². The van der Waals surface area contributed by atoms with Gasteiger partial charge in [-0.2, -0.15) is 0 Å². The van der Waals surface area contributed by atoms with Crippen LogP contribution in [0.3, 0.4) is 0 Å². The van der Waals surface area contributed by atoms with Gasteiger partial charge >= 0.3 is 0 Å². The quantitative estimate of drug-likeness (QED) is 0.130. The van der Waals surface area contributed by atoms with Crippen molar-refractivity contribution in [3.05, 3.63) is 46.6 Å². The summed E-state index contributed by atoms with van der Waals surface area (Å²) < 4.78 is 28.0. The molecule has 0 amide bonds. The van der Waals surface area contributed by atoms with Crippen LogP contribution in [0.25, 0.3) is 22.3 Å². The van der Waals surface area contributed by atoms with Gasteiger partial charge in [0.05, 0.1) is 13.2 Å². The second-order valence-electron chi connectivity index (χ2n) is 10.1. The van der Waals surface area contributed by atoms with E-state index in [1.54, 1.807) is 0 Å². The number of fused-ring (bicyclic) bond motifs is 1. The lowest BCUT2D eigenvalue weighted by molar-refractivity contribution is -0.277.